The van der Waals surface area contributed by atoms with Crippen molar-refractivity contribution in [2.24, 2.45) is 0 Å². The lowest BCUT2D eigenvalue weighted by atomic mass is 10.1. The van der Waals surface area contributed by atoms with Gasteiger partial charge in [-0.2, -0.15) is 0 Å². The second-order valence-electron chi connectivity index (χ2n) is 7.15. The maximum atomic E-state index is 12.4. The molecule has 154 valence electrons. The third kappa shape index (κ3) is 6.43. The summed E-state index contributed by atoms with van der Waals surface area (Å²) in [5.41, 5.74) is 5.50. The molecule has 0 radical (unpaired) electrons. The Morgan fingerprint density at radius 1 is 1.00 bits per heavy atom. The van der Waals surface area contributed by atoms with Crippen molar-refractivity contribution in [3.05, 3.63) is 52.6 Å². The maximum Gasteiger partial charge on any atom is 0.279 e. The molecule has 2 rings (SSSR count). The summed E-state index contributed by atoms with van der Waals surface area (Å²) >= 11 is 0. The first kappa shape index (κ1) is 23.8. The first-order valence-corrected chi connectivity index (χ1v) is 9.24. The molecule has 0 aliphatic rings. The van der Waals surface area contributed by atoms with E-state index in [0.717, 1.165) is 51.7 Å². The Morgan fingerprint density at radius 3 is 2.18 bits per heavy atom. The molecule has 28 heavy (non-hydrogen) atoms. The Morgan fingerprint density at radius 2 is 1.61 bits per heavy atom. The lowest BCUT2D eigenvalue weighted by Crippen LogP contribution is -3.10. The van der Waals surface area contributed by atoms with E-state index in [1.165, 1.54) is 5.56 Å². The van der Waals surface area contributed by atoms with Crippen LogP contribution in [0, 0.1) is 20.8 Å². The molecule has 0 aromatic heterocycles. The zero-order valence-electron chi connectivity index (χ0n) is 17.6. The second kappa shape index (κ2) is 10.9. The van der Waals surface area contributed by atoms with Gasteiger partial charge < -0.3 is 32.1 Å². The van der Waals surface area contributed by atoms with Gasteiger partial charge in [0, 0.05) is 12.1 Å². The topological polar surface area (TPSA) is 52.0 Å². The Kier molecular flexibility index (Phi) is 9.29. The number of rotatable bonds is 8. The maximum absolute atomic E-state index is 12.4. The van der Waals surface area contributed by atoms with Gasteiger partial charge in [0.25, 0.3) is 5.91 Å². The van der Waals surface area contributed by atoms with Crippen LogP contribution in [0.1, 0.15) is 22.3 Å². The summed E-state index contributed by atoms with van der Waals surface area (Å²) in [4.78, 5) is 13.6. The van der Waals surface area contributed by atoms with Gasteiger partial charge in [-0.25, -0.2) is 0 Å². The van der Waals surface area contributed by atoms with Crippen molar-refractivity contribution < 1.29 is 31.6 Å². The summed E-state index contributed by atoms with van der Waals surface area (Å²) in [6, 6.07) is 10.1. The Balaban J connectivity index is 0.00000392. The zero-order valence-corrected chi connectivity index (χ0v) is 18.4. The van der Waals surface area contributed by atoms with Crippen LogP contribution in [0.2, 0.25) is 0 Å². The van der Waals surface area contributed by atoms with E-state index in [1.54, 1.807) is 14.2 Å². The average Bonchev–Trinajstić information content (AvgIpc) is 2.62. The van der Waals surface area contributed by atoms with E-state index >= 15 is 0 Å². The molecule has 5 nitrogen and oxygen atoms in total. The molecule has 0 spiro atoms. The highest BCUT2D eigenvalue weighted by molar-refractivity contribution is 5.93. The van der Waals surface area contributed by atoms with E-state index in [0.29, 0.717) is 6.54 Å². The highest BCUT2D eigenvalue weighted by Crippen LogP contribution is 2.27. The van der Waals surface area contributed by atoms with Gasteiger partial charge in [-0.05, 0) is 49.6 Å². The third-order valence-electron chi connectivity index (χ3n) is 4.69. The van der Waals surface area contributed by atoms with E-state index in [1.807, 2.05) is 39.1 Å². The molecule has 0 aliphatic carbocycles. The van der Waals surface area contributed by atoms with Crippen LogP contribution in [0.5, 0.6) is 11.5 Å². The predicted octanol–water partition coefficient (Wildman–Crippen LogP) is -0.671. The number of carbonyl (C=O) groups is 1. The zero-order chi connectivity index (χ0) is 20.0. The molecule has 2 aromatic rings. The fourth-order valence-corrected chi connectivity index (χ4v) is 3.32. The van der Waals surface area contributed by atoms with E-state index in [9.17, 15) is 4.79 Å². The quantitative estimate of drug-likeness (QED) is 0.611. The van der Waals surface area contributed by atoms with Gasteiger partial charge >= 0.3 is 0 Å². The fraction of sp³-hybridized carbons (Fsp3) is 0.409. The van der Waals surface area contributed by atoms with Crippen molar-refractivity contribution >= 4 is 11.6 Å². The normalized spacial score (nSPS) is 11.4. The molecule has 2 N–H and O–H groups in total. The number of hydrogen-bond donors (Lipinski definition) is 2. The van der Waals surface area contributed by atoms with Crippen LogP contribution in [0.25, 0.3) is 0 Å². The van der Waals surface area contributed by atoms with Crippen LogP contribution in [0.3, 0.4) is 0 Å². The first-order valence-electron chi connectivity index (χ1n) is 9.24. The molecule has 0 bridgehead atoms. The van der Waals surface area contributed by atoms with Gasteiger partial charge in [-0.3, -0.25) is 4.79 Å². The van der Waals surface area contributed by atoms with Crippen LogP contribution < -0.4 is 32.1 Å². The lowest BCUT2D eigenvalue weighted by Gasteiger charge is -2.16. The van der Waals surface area contributed by atoms with Gasteiger partial charge in [0.2, 0.25) is 0 Å². The number of likely N-dealkylation sites (N-methyl/N-ethyl adjacent to an activating group) is 1. The molecule has 6 heteroatoms. The molecule has 1 amide bonds. The van der Waals surface area contributed by atoms with Gasteiger partial charge in [0.15, 0.2) is 18.0 Å². The Labute approximate surface area is 174 Å². The van der Waals surface area contributed by atoms with Crippen LogP contribution in [0.4, 0.5) is 5.69 Å². The number of ether oxygens (including phenoxy) is 2. The molecule has 2 aromatic carbocycles. The third-order valence-corrected chi connectivity index (χ3v) is 4.69. The predicted molar refractivity (Wildman–Crippen MR) is 109 cm³/mol. The van der Waals surface area contributed by atoms with Crippen molar-refractivity contribution in [1.29, 1.82) is 0 Å². The number of benzene rings is 2. The average molecular weight is 407 g/mol. The van der Waals surface area contributed by atoms with Crippen LogP contribution in [-0.4, -0.2) is 40.3 Å². The van der Waals surface area contributed by atoms with Gasteiger partial charge in [-0.15, -0.1) is 0 Å². The minimum Gasteiger partial charge on any atom is -1.00 e. The van der Waals surface area contributed by atoms with E-state index in [-0.39, 0.29) is 18.3 Å². The number of nitrogens with one attached hydrogen (secondary N) is 2. The number of anilines is 1. The van der Waals surface area contributed by atoms with Crippen molar-refractivity contribution in [3.63, 3.8) is 0 Å². The SMILES string of the molecule is COc1ccc(CC[NH+](C)CC(=O)Nc2c(C)cc(C)cc2C)cc1OC.[Cl-]. The molecule has 0 saturated carbocycles. The minimum absolute atomic E-state index is 0. The summed E-state index contributed by atoms with van der Waals surface area (Å²) < 4.78 is 10.6. The molecule has 0 aliphatic heterocycles. The van der Waals surface area contributed by atoms with Crippen molar-refractivity contribution in [2.45, 2.75) is 27.2 Å². The Hall–Kier alpha value is -2.24. The van der Waals surface area contributed by atoms with E-state index < -0.39 is 0 Å². The van der Waals surface area contributed by atoms with Crippen LogP contribution >= 0.6 is 0 Å². The van der Waals surface area contributed by atoms with Gasteiger partial charge in [-0.1, -0.05) is 23.8 Å². The number of aryl methyl sites for hydroxylation is 3. The smallest absolute Gasteiger partial charge is 0.279 e. The van der Waals surface area contributed by atoms with Gasteiger partial charge in [0.1, 0.15) is 0 Å². The molecular formula is C22H31ClN2O3. The van der Waals surface area contributed by atoms with E-state index in [2.05, 4.69) is 24.4 Å². The summed E-state index contributed by atoms with van der Waals surface area (Å²) in [6.45, 7) is 7.42. The number of amides is 1. The number of halogens is 1. The number of carbonyl (C=O) groups excluding carboxylic acids is 1. The lowest BCUT2D eigenvalue weighted by molar-refractivity contribution is -0.870. The van der Waals surface area contributed by atoms with Crippen molar-refractivity contribution in [3.8, 4) is 11.5 Å². The Bertz CT molecular complexity index is 785. The number of quaternary nitrogens is 1. The largest absolute Gasteiger partial charge is 1.00 e. The first-order chi connectivity index (χ1) is 12.8. The summed E-state index contributed by atoms with van der Waals surface area (Å²) in [7, 11) is 5.30. The second-order valence-corrected chi connectivity index (χ2v) is 7.15. The molecular weight excluding hydrogens is 376 g/mol. The van der Waals surface area contributed by atoms with E-state index in [4.69, 9.17) is 9.47 Å². The molecule has 1 unspecified atom stereocenters. The molecule has 0 heterocycles. The highest BCUT2D eigenvalue weighted by atomic mass is 35.5. The molecule has 1 atom stereocenters. The number of methoxy groups -OCH3 is 2. The summed E-state index contributed by atoms with van der Waals surface area (Å²) in [6.07, 6.45) is 0.863. The molecule has 0 fully saturated rings. The van der Waals surface area contributed by atoms with Crippen LogP contribution in [0.15, 0.2) is 30.3 Å². The summed E-state index contributed by atoms with van der Waals surface area (Å²) in [5, 5.41) is 3.07. The van der Waals surface area contributed by atoms with Gasteiger partial charge in [0.05, 0.1) is 27.8 Å². The standard InChI is InChI=1S/C22H30N2O3.ClH/c1-15-11-16(2)22(17(3)12-15)23-21(25)14-24(4)10-9-18-7-8-19(26-5)20(13-18)27-6;/h7-8,11-13H,9-10,14H2,1-6H3,(H,23,25);1H. The highest BCUT2D eigenvalue weighted by Gasteiger charge is 2.13. The minimum atomic E-state index is 0. The van der Waals surface area contributed by atoms with Crippen LogP contribution in [-0.2, 0) is 11.2 Å². The number of hydrogen-bond acceptors (Lipinski definition) is 3. The fourth-order valence-electron chi connectivity index (χ4n) is 3.32. The van der Waals surface area contributed by atoms with Crippen molar-refractivity contribution in [2.75, 3.05) is 39.7 Å². The summed E-state index contributed by atoms with van der Waals surface area (Å²) in [5.74, 6) is 1.50. The molecule has 0 saturated heterocycles. The monoisotopic (exact) mass is 406 g/mol. The van der Waals surface area contributed by atoms with Crippen molar-refractivity contribution in [1.82, 2.24) is 0 Å².